The third kappa shape index (κ3) is 8.31. The lowest BCUT2D eigenvalue weighted by Crippen LogP contribution is -2.36. The van der Waals surface area contributed by atoms with E-state index in [1.165, 1.54) is 5.19 Å². The minimum Gasteiger partial charge on any atom is -0.464 e. The maximum atomic E-state index is 6.12. The Morgan fingerprint density at radius 1 is 0.842 bits per heavy atom. The molecule has 0 heterocycles. The summed E-state index contributed by atoms with van der Waals surface area (Å²) < 4.78 is 18.1. The highest BCUT2D eigenvalue weighted by Gasteiger charge is 2.10. The molecule has 3 nitrogen and oxygen atoms in total. The standard InChI is InChI=1S/C10H26O3Si6/c1-17(2)13-16-19(4)12-15-14-11-18(3)10-8-6-5-7-9-10/h5-9,17-19H,14-16H2,1-4H3. The van der Waals surface area contributed by atoms with Crippen LogP contribution in [0.25, 0.3) is 0 Å². The molecule has 9 heteroatoms. The Morgan fingerprint density at radius 3 is 2.11 bits per heavy atom. The van der Waals surface area contributed by atoms with E-state index in [1.54, 1.807) is 0 Å². The van der Waals surface area contributed by atoms with Crippen LogP contribution in [0.1, 0.15) is 0 Å². The first kappa shape index (κ1) is 17.5. The molecule has 1 rings (SSSR count). The van der Waals surface area contributed by atoms with E-state index in [-0.39, 0.29) is 27.8 Å². The second kappa shape index (κ2) is 10.2. The average Bonchev–Trinajstić information content (AvgIpc) is 2.42. The molecule has 0 spiro atoms. The van der Waals surface area contributed by atoms with Gasteiger partial charge in [0.2, 0.25) is 0 Å². The number of hydrogen-bond donors (Lipinski definition) is 0. The van der Waals surface area contributed by atoms with Crippen LogP contribution in [0.2, 0.25) is 26.2 Å². The van der Waals surface area contributed by atoms with Crippen LogP contribution in [0.4, 0.5) is 0 Å². The first-order chi connectivity index (χ1) is 9.09. The summed E-state index contributed by atoms with van der Waals surface area (Å²) in [6, 6.07) is 10.7. The van der Waals surface area contributed by atoms with Crippen molar-refractivity contribution in [2.24, 2.45) is 0 Å². The predicted octanol–water partition coefficient (Wildman–Crippen LogP) is -1.70. The van der Waals surface area contributed by atoms with Crippen molar-refractivity contribution in [1.82, 2.24) is 0 Å². The lowest BCUT2D eigenvalue weighted by Gasteiger charge is -2.15. The summed E-state index contributed by atoms with van der Waals surface area (Å²) in [5, 5.41) is 1.41. The first-order valence-corrected chi connectivity index (χ1v) is 22.6. The second-order valence-electron chi connectivity index (χ2n) is 4.99. The average molecular weight is 363 g/mol. The van der Waals surface area contributed by atoms with E-state index in [4.69, 9.17) is 12.3 Å². The first-order valence-electron chi connectivity index (χ1n) is 6.99. The minimum absolute atomic E-state index is 0.319. The van der Waals surface area contributed by atoms with Crippen LogP contribution in [0, 0.1) is 0 Å². The van der Waals surface area contributed by atoms with Crippen molar-refractivity contribution in [2.45, 2.75) is 26.2 Å². The van der Waals surface area contributed by atoms with Gasteiger partial charge < -0.3 is 12.3 Å². The maximum absolute atomic E-state index is 6.12. The predicted molar refractivity (Wildman–Crippen MR) is 99.9 cm³/mol. The Bertz CT molecular complexity index is 339. The highest BCUT2D eigenvalue weighted by Crippen LogP contribution is 1.91. The van der Waals surface area contributed by atoms with Crippen molar-refractivity contribution in [3.63, 3.8) is 0 Å². The van der Waals surface area contributed by atoms with Gasteiger partial charge in [-0.25, -0.2) is 0 Å². The molecule has 0 aliphatic carbocycles. The van der Waals surface area contributed by atoms with E-state index < -0.39 is 26.6 Å². The lowest BCUT2D eigenvalue weighted by atomic mass is 10.4. The van der Waals surface area contributed by atoms with Gasteiger partial charge in [-0.05, 0) is 24.8 Å². The summed E-state index contributed by atoms with van der Waals surface area (Å²) in [4.78, 5) is 0. The normalized spacial score (nSPS) is 16.5. The molecule has 0 saturated heterocycles. The van der Waals surface area contributed by atoms with Crippen LogP contribution in [-0.4, -0.2) is 54.5 Å². The summed E-state index contributed by atoms with van der Waals surface area (Å²) in [5.41, 5.74) is 0. The molecule has 1 aromatic rings. The van der Waals surface area contributed by atoms with Crippen molar-refractivity contribution >= 4 is 59.7 Å². The Kier molecular flexibility index (Phi) is 9.35. The Labute approximate surface area is 128 Å². The van der Waals surface area contributed by atoms with E-state index in [0.29, 0.717) is 0 Å². The molecule has 0 saturated carbocycles. The van der Waals surface area contributed by atoms with E-state index >= 15 is 0 Å². The molecule has 0 aliphatic heterocycles. The summed E-state index contributed by atoms with van der Waals surface area (Å²) >= 11 is 0. The molecule has 0 amide bonds. The van der Waals surface area contributed by atoms with Crippen molar-refractivity contribution < 1.29 is 12.3 Å². The topological polar surface area (TPSA) is 27.7 Å². The largest absolute Gasteiger partial charge is 0.464 e. The third-order valence-electron chi connectivity index (χ3n) is 2.79. The minimum atomic E-state index is -1.14. The number of hydrogen-bond acceptors (Lipinski definition) is 3. The van der Waals surface area contributed by atoms with E-state index in [9.17, 15) is 0 Å². The Balaban J connectivity index is 2.10. The van der Waals surface area contributed by atoms with Gasteiger partial charge in [-0.1, -0.05) is 36.9 Å². The van der Waals surface area contributed by atoms with Crippen LogP contribution < -0.4 is 5.19 Å². The van der Waals surface area contributed by atoms with Gasteiger partial charge in [0.05, 0.1) is 0 Å². The molecule has 0 aromatic heterocycles. The summed E-state index contributed by atoms with van der Waals surface area (Å²) in [7, 11) is -3.89. The number of rotatable bonds is 9. The molecule has 108 valence electrons. The molecule has 0 radical (unpaired) electrons. The quantitative estimate of drug-likeness (QED) is 0.387. The van der Waals surface area contributed by atoms with Gasteiger partial charge in [-0.3, -0.25) is 0 Å². The highest BCUT2D eigenvalue weighted by atomic mass is 29.2. The van der Waals surface area contributed by atoms with E-state index in [0.717, 1.165) is 0 Å². The fourth-order valence-electron chi connectivity index (χ4n) is 1.67. The molecule has 19 heavy (non-hydrogen) atoms. The third-order valence-corrected chi connectivity index (χ3v) is 24.3. The van der Waals surface area contributed by atoms with Crippen molar-refractivity contribution in [1.29, 1.82) is 0 Å². The molecule has 2 unspecified atom stereocenters. The zero-order chi connectivity index (χ0) is 14.1. The highest BCUT2D eigenvalue weighted by molar-refractivity contribution is 7.11. The van der Waals surface area contributed by atoms with Crippen LogP contribution in [0.5, 0.6) is 0 Å². The van der Waals surface area contributed by atoms with Gasteiger partial charge in [0.25, 0.3) is 0 Å². The maximum Gasteiger partial charge on any atom is 0.191 e. The zero-order valence-electron chi connectivity index (χ0n) is 12.5. The van der Waals surface area contributed by atoms with Crippen LogP contribution in [0.15, 0.2) is 30.3 Å². The Morgan fingerprint density at radius 2 is 1.47 bits per heavy atom. The summed E-state index contributed by atoms with van der Waals surface area (Å²) in [6.45, 7) is 9.08. The fraction of sp³-hybridized carbons (Fsp3) is 0.400. The van der Waals surface area contributed by atoms with E-state index in [2.05, 4.69) is 56.5 Å². The lowest BCUT2D eigenvalue weighted by molar-refractivity contribution is 0.596. The van der Waals surface area contributed by atoms with Gasteiger partial charge in [-0.15, -0.1) is 0 Å². The van der Waals surface area contributed by atoms with Crippen molar-refractivity contribution in [3.8, 4) is 0 Å². The van der Waals surface area contributed by atoms with Crippen LogP contribution in [-0.2, 0) is 12.3 Å². The molecule has 2 atom stereocenters. The molecule has 0 fully saturated rings. The van der Waals surface area contributed by atoms with Crippen molar-refractivity contribution in [2.75, 3.05) is 0 Å². The molecular formula is C10H26O3Si6. The molecular weight excluding hydrogens is 337 g/mol. The van der Waals surface area contributed by atoms with Gasteiger partial charge in [0, 0.05) is 0 Å². The smallest absolute Gasteiger partial charge is 0.191 e. The van der Waals surface area contributed by atoms with E-state index in [1.807, 2.05) is 0 Å². The van der Waals surface area contributed by atoms with Gasteiger partial charge in [0.15, 0.2) is 54.5 Å². The monoisotopic (exact) mass is 362 g/mol. The second-order valence-corrected chi connectivity index (χ2v) is 22.7. The molecule has 0 bridgehead atoms. The summed E-state index contributed by atoms with van der Waals surface area (Å²) in [6.07, 6.45) is 0. The number of benzene rings is 1. The Hall–Kier alpha value is 0.401. The SMILES string of the molecule is C[SiH](C)O[SiH2][SiH](C)O[SiH2][SiH2]O[SiH](C)c1ccccc1. The zero-order valence-corrected chi connectivity index (χ0v) is 20.2. The van der Waals surface area contributed by atoms with Gasteiger partial charge in [-0.2, -0.15) is 0 Å². The molecule has 0 aliphatic rings. The summed E-state index contributed by atoms with van der Waals surface area (Å²) in [5.74, 6) is 0. The van der Waals surface area contributed by atoms with Gasteiger partial charge >= 0.3 is 0 Å². The van der Waals surface area contributed by atoms with Gasteiger partial charge in [0.1, 0.15) is 0 Å². The molecule has 1 aromatic carbocycles. The fourth-order valence-corrected chi connectivity index (χ4v) is 29.8. The van der Waals surface area contributed by atoms with Crippen LogP contribution >= 0.6 is 0 Å². The van der Waals surface area contributed by atoms with Crippen molar-refractivity contribution in [3.05, 3.63) is 30.3 Å². The van der Waals surface area contributed by atoms with Crippen LogP contribution in [0.3, 0.4) is 0 Å². The molecule has 0 N–H and O–H groups in total.